The number of aliphatic carboxylic acids is 1. The second-order valence-electron chi connectivity index (χ2n) is 8.22. The lowest BCUT2D eigenvalue weighted by atomic mass is 10.0. The normalized spacial score (nSPS) is 11.1. The molecule has 0 saturated heterocycles. The first-order chi connectivity index (χ1) is 18.1. The number of rotatable bonds is 8. The minimum absolute atomic E-state index is 0.00578. The minimum Gasteiger partial charge on any atom is -0.496 e. The Kier molecular flexibility index (Phi) is 8.88. The van der Waals surface area contributed by atoms with Crippen molar-refractivity contribution in [2.75, 3.05) is 19.5 Å². The van der Waals surface area contributed by atoms with Crippen LogP contribution in [0.15, 0.2) is 71.5 Å². The highest BCUT2D eigenvalue weighted by molar-refractivity contribution is 5.95. The first-order valence-electron chi connectivity index (χ1n) is 11.5. The molecule has 0 aliphatic carbocycles. The Morgan fingerprint density at radius 3 is 2.29 bits per heavy atom. The average molecular weight is 519 g/mol. The van der Waals surface area contributed by atoms with Crippen molar-refractivity contribution >= 4 is 17.5 Å². The largest absolute Gasteiger partial charge is 0.496 e. The van der Waals surface area contributed by atoms with Crippen LogP contribution in [0.3, 0.4) is 0 Å². The van der Waals surface area contributed by atoms with Crippen molar-refractivity contribution < 1.29 is 19.4 Å². The second-order valence-corrected chi connectivity index (χ2v) is 8.22. The van der Waals surface area contributed by atoms with E-state index >= 15 is 0 Å². The molecule has 198 valence electrons. The second kappa shape index (κ2) is 12.3. The third kappa shape index (κ3) is 6.58. The van der Waals surface area contributed by atoms with Gasteiger partial charge in [0.25, 0.3) is 5.97 Å². The molecule has 0 saturated carbocycles. The fourth-order valence-corrected chi connectivity index (χ4v) is 3.74. The molecule has 0 radical (unpaired) electrons. The number of hydrogen-bond donors (Lipinski definition) is 5. The number of H-pyrrole nitrogens is 1. The number of carboxylic acid groups (broad SMARTS) is 1. The van der Waals surface area contributed by atoms with Crippen molar-refractivity contribution in [2.45, 2.75) is 19.9 Å². The molecule has 1 heterocycles. The summed E-state index contributed by atoms with van der Waals surface area (Å²) in [5.74, 6) is 0.888. The van der Waals surface area contributed by atoms with Gasteiger partial charge in [0, 0.05) is 18.2 Å². The molecule has 1 unspecified atom stereocenters. The van der Waals surface area contributed by atoms with E-state index in [-0.39, 0.29) is 11.5 Å². The van der Waals surface area contributed by atoms with Crippen molar-refractivity contribution in [3.63, 3.8) is 0 Å². The van der Waals surface area contributed by atoms with E-state index in [2.05, 4.69) is 15.4 Å². The Labute approximate surface area is 219 Å². The Morgan fingerprint density at radius 1 is 1.08 bits per heavy atom. The zero-order valence-corrected chi connectivity index (χ0v) is 21.5. The van der Waals surface area contributed by atoms with E-state index in [4.69, 9.17) is 30.5 Å². The molecule has 0 aliphatic heterocycles. The number of carboxylic acids is 1. The van der Waals surface area contributed by atoms with Gasteiger partial charge < -0.3 is 25.6 Å². The standard InChI is InChI=1S/C25H26N6O3.C2H4O2/c1-15-14-17(10-13-20(15)33-2)22(28-18-11-8-16(9-12-18)23(26)27)24-29-25(32)31(30-24)19-6-4-5-7-21(19)34-3;1-2(3)4/h4-14,22,28H,1-3H3,(H3,26,27)(H,29,30,32);1H3,(H,3,4). The molecular formula is C27H30N6O5. The number of aromatic nitrogens is 3. The van der Waals surface area contributed by atoms with Crippen LogP contribution in [-0.2, 0) is 4.79 Å². The van der Waals surface area contributed by atoms with Crippen molar-refractivity contribution in [3.8, 4) is 17.2 Å². The van der Waals surface area contributed by atoms with Gasteiger partial charge in [0.1, 0.15) is 29.1 Å². The maximum atomic E-state index is 12.9. The van der Waals surface area contributed by atoms with Crippen molar-refractivity contribution in [1.82, 2.24) is 14.8 Å². The van der Waals surface area contributed by atoms with Crippen molar-refractivity contribution in [2.24, 2.45) is 5.73 Å². The number of amidine groups is 1. The zero-order valence-electron chi connectivity index (χ0n) is 21.5. The van der Waals surface area contributed by atoms with E-state index in [9.17, 15) is 4.79 Å². The third-order valence-electron chi connectivity index (χ3n) is 5.48. The summed E-state index contributed by atoms with van der Waals surface area (Å²) in [6.07, 6.45) is 0. The van der Waals surface area contributed by atoms with Crippen LogP contribution in [0.1, 0.15) is 35.5 Å². The zero-order chi connectivity index (χ0) is 27.8. The fourth-order valence-electron chi connectivity index (χ4n) is 3.74. The number of nitrogens with two attached hydrogens (primary N) is 1. The Hall–Kier alpha value is -5.06. The van der Waals surface area contributed by atoms with Crippen LogP contribution in [0.2, 0.25) is 0 Å². The summed E-state index contributed by atoms with van der Waals surface area (Å²) in [6, 6.07) is 19.7. The summed E-state index contributed by atoms with van der Waals surface area (Å²) in [7, 11) is 3.17. The van der Waals surface area contributed by atoms with Crippen molar-refractivity contribution in [3.05, 3.63) is 99.7 Å². The molecule has 11 heteroatoms. The molecule has 0 bridgehead atoms. The molecule has 6 N–H and O–H groups in total. The number of carbonyl (C=O) groups is 1. The van der Waals surface area contributed by atoms with Gasteiger partial charge in [-0.3, -0.25) is 15.2 Å². The van der Waals surface area contributed by atoms with Crippen LogP contribution >= 0.6 is 0 Å². The molecule has 1 aromatic heterocycles. The number of aryl methyl sites for hydroxylation is 1. The van der Waals surface area contributed by atoms with E-state index in [0.29, 0.717) is 22.8 Å². The van der Waals surface area contributed by atoms with Crippen LogP contribution in [0, 0.1) is 12.3 Å². The lowest BCUT2D eigenvalue weighted by Gasteiger charge is -2.19. The molecule has 0 fully saturated rings. The minimum atomic E-state index is -0.833. The van der Waals surface area contributed by atoms with E-state index in [1.165, 1.54) is 4.68 Å². The molecule has 0 spiro atoms. The van der Waals surface area contributed by atoms with Gasteiger partial charge in [-0.25, -0.2) is 4.79 Å². The Morgan fingerprint density at radius 2 is 1.71 bits per heavy atom. The maximum absolute atomic E-state index is 12.9. The van der Waals surface area contributed by atoms with Gasteiger partial charge in [0.15, 0.2) is 5.82 Å². The molecular weight excluding hydrogens is 488 g/mol. The van der Waals surface area contributed by atoms with Gasteiger partial charge in [0.05, 0.1) is 14.2 Å². The Balaban J connectivity index is 0.000000934. The van der Waals surface area contributed by atoms with Gasteiger partial charge >= 0.3 is 5.69 Å². The van der Waals surface area contributed by atoms with Crippen LogP contribution in [0.25, 0.3) is 5.69 Å². The number of benzene rings is 3. The molecule has 3 aromatic carbocycles. The number of para-hydroxylation sites is 2. The molecule has 4 aromatic rings. The number of hydrogen-bond acceptors (Lipinski definition) is 7. The number of nitrogens with zero attached hydrogens (tertiary/aromatic N) is 2. The van der Waals surface area contributed by atoms with Gasteiger partial charge in [-0.05, 0) is 66.6 Å². The number of methoxy groups -OCH3 is 2. The smallest absolute Gasteiger partial charge is 0.348 e. The lowest BCUT2D eigenvalue weighted by Crippen LogP contribution is -2.16. The monoisotopic (exact) mass is 518 g/mol. The summed E-state index contributed by atoms with van der Waals surface area (Å²) < 4.78 is 12.1. The fraction of sp³-hybridized carbons (Fsp3) is 0.185. The van der Waals surface area contributed by atoms with Gasteiger partial charge in [-0.1, -0.05) is 18.2 Å². The molecule has 0 amide bonds. The van der Waals surface area contributed by atoms with Crippen LogP contribution in [0.5, 0.6) is 11.5 Å². The summed E-state index contributed by atoms with van der Waals surface area (Å²) in [5, 5.41) is 23.1. The molecule has 1 atom stereocenters. The van der Waals surface area contributed by atoms with Crippen LogP contribution in [-0.4, -0.2) is 45.9 Å². The lowest BCUT2D eigenvalue weighted by molar-refractivity contribution is -0.134. The van der Waals surface area contributed by atoms with Gasteiger partial charge in [-0.2, -0.15) is 4.68 Å². The maximum Gasteiger partial charge on any atom is 0.348 e. The highest BCUT2D eigenvalue weighted by atomic mass is 16.5. The summed E-state index contributed by atoms with van der Waals surface area (Å²) in [5.41, 5.74) is 8.96. The van der Waals surface area contributed by atoms with Crippen LogP contribution in [0.4, 0.5) is 5.69 Å². The topological polar surface area (TPSA) is 168 Å². The SMILES string of the molecule is CC(=O)O.COc1ccc(C(Nc2ccc(C(=N)N)cc2)c2nn(-c3ccccc3OC)c(=O)[nH]2)cc1C. The van der Waals surface area contributed by atoms with Gasteiger partial charge in [-0.15, -0.1) is 5.10 Å². The quantitative estimate of drug-likeness (QED) is 0.174. The number of anilines is 1. The van der Waals surface area contributed by atoms with Crippen LogP contribution < -0.4 is 26.2 Å². The van der Waals surface area contributed by atoms with E-state index in [0.717, 1.165) is 29.5 Å². The molecule has 11 nitrogen and oxygen atoms in total. The number of ether oxygens (including phenoxy) is 2. The summed E-state index contributed by atoms with van der Waals surface area (Å²) in [4.78, 5) is 24.8. The third-order valence-corrected chi connectivity index (χ3v) is 5.48. The molecule has 0 aliphatic rings. The summed E-state index contributed by atoms with van der Waals surface area (Å²) >= 11 is 0. The number of nitrogens with one attached hydrogen (secondary N) is 3. The van der Waals surface area contributed by atoms with E-state index < -0.39 is 12.0 Å². The highest BCUT2D eigenvalue weighted by Crippen LogP contribution is 2.29. The van der Waals surface area contributed by atoms with Crippen molar-refractivity contribution in [1.29, 1.82) is 5.41 Å². The van der Waals surface area contributed by atoms with E-state index in [1.807, 2.05) is 49.4 Å². The predicted octanol–water partition coefficient (Wildman–Crippen LogP) is 3.46. The van der Waals surface area contributed by atoms with Gasteiger partial charge in [0.2, 0.25) is 0 Å². The predicted molar refractivity (Wildman–Crippen MR) is 145 cm³/mol. The Bertz CT molecular complexity index is 1470. The first-order valence-corrected chi connectivity index (χ1v) is 11.5. The average Bonchev–Trinajstić information content (AvgIpc) is 3.28. The molecule has 38 heavy (non-hydrogen) atoms. The van der Waals surface area contributed by atoms with E-state index in [1.54, 1.807) is 38.5 Å². The summed E-state index contributed by atoms with van der Waals surface area (Å²) in [6.45, 7) is 3.04. The number of aromatic amines is 1. The number of nitrogen functional groups attached to an aromatic ring is 1. The molecule has 4 rings (SSSR count). The first kappa shape index (κ1) is 27.5. The highest BCUT2D eigenvalue weighted by Gasteiger charge is 2.22.